The second-order valence-corrected chi connectivity index (χ2v) is 5.53. The topological polar surface area (TPSA) is 71.8 Å². The fourth-order valence-electron chi connectivity index (χ4n) is 2.24. The van der Waals surface area contributed by atoms with Gasteiger partial charge in [0.15, 0.2) is 0 Å². The lowest BCUT2D eigenvalue weighted by Crippen LogP contribution is -2.29. The summed E-state index contributed by atoms with van der Waals surface area (Å²) in [5.74, 6) is 1.17. The maximum atomic E-state index is 12.1. The Kier molecular flexibility index (Phi) is 6.14. The molecular weight excluding hydrogens is 308 g/mol. The molecular formula is C18H22N2O4. The number of nitrogens with zero attached hydrogens (tertiary/aromatic N) is 1. The van der Waals surface area contributed by atoms with Gasteiger partial charge in [-0.1, -0.05) is 0 Å². The van der Waals surface area contributed by atoms with Crippen LogP contribution in [0.3, 0.4) is 0 Å². The van der Waals surface area contributed by atoms with Gasteiger partial charge in [0.25, 0.3) is 0 Å². The van der Waals surface area contributed by atoms with Gasteiger partial charge < -0.3 is 14.5 Å². The second kappa shape index (κ2) is 8.31. The number of aryl methyl sites for hydroxylation is 1. The van der Waals surface area contributed by atoms with Crippen LogP contribution in [-0.2, 0) is 16.1 Å². The van der Waals surface area contributed by atoms with E-state index in [9.17, 15) is 9.59 Å². The molecule has 0 aliphatic carbocycles. The molecule has 0 unspecified atom stereocenters. The molecule has 1 N–H and O–H groups in total. The third-order valence-electron chi connectivity index (χ3n) is 3.32. The number of carbonyl (C=O) groups is 2. The van der Waals surface area contributed by atoms with Crippen LogP contribution in [0.4, 0.5) is 5.69 Å². The Morgan fingerprint density at radius 3 is 2.46 bits per heavy atom. The van der Waals surface area contributed by atoms with Gasteiger partial charge in [0.05, 0.1) is 25.3 Å². The predicted octanol–water partition coefficient (Wildman–Crippen LogP) is 2.84. The normalized spacial score (nSPS) is 10.7. The Labute approximate surface area is 141 Å². The molecule has 2 aromatic rings. The van der Waals surface area contributed by atoms with Gasteiger partial charge in [0.2, 0.25) is 5.91 Å². The van der Waals surface area contributed by atoms with Crippen LogP contribution < -0.4 is 5.32 Å². The second-order valence-electron chi connectivity index (χ2n) is 5.53. The molecule has 1 amide bonds. The van der Waals surface area contributed by atoms with Crippen molar-refractivity contribution in [2.24, 2.45) is 0 Å². The Bertz CT molecular complexity index is 691. The van der Waals surface area contributed by atoms with Crippen LogP contribution in [0.2, 0.25) is 0 Å². The van der Waals surface area contributed by atoms with Gasteiger partial charge >= 0.3 is 5.97 Å². The standard InChI is InChI=1S/C18H22N2O4/c1-4-23-18(22)14-6-8-15(9-7-14)19-17(21)12-20(3)11-16-10-5-13(2)24-16/h5-10H,4,11-12H2,1-3H3,(H,19,21). The highest BCUT2D eigenvalue weighted by atomic mass is 16.5. The van der Waals surface area contributed by atoms with Gasteiger partial charge in [-0.05, 0) is 57.3 Å². The van der Waals surface area contributed by atoms with E-state index in [1.807, 2.05) is 31.0 Å². The van der Waals surface area contributed by atoms with Crippen molar-refractivity contribution in [1.82, 2.24) is 4.90 Å². The molecule has 1 heterocycles. The van der Waals surface area contributed by atoms with Crippen molar-refractivity contribution in [3.05, 3.63) is 53.5 Å². The Morgan fingerprint density at radius 2 is 1.88 bits per heavy atom. The van der Waals surface area contributed by atoms with Crippen molar-refractivity contribution < 1.29 is 18.7 Å². The number of nitrogens with one attached hydrogen (secondary N) is 1. The molecule has 0 fully saturated rings. The maximum Gasteiger partial charge on any atom is 0.338 e. The fourth-order valence-corrected chi connectivity index (χ4v) is 2.24. The monoisotopic (exact) mass is 330 g/mol. The molecule has 1 aromatic heterocycles. The van der Waals surface area contributed by atoms with E-state index in [0.717, 1.165) is 11.5 Å². The van der Waals surface area contributed by atoms with Crippen LogP contribution in [0.25, 0.3) is 0 Å². The summed E-state index contributed by atoms with van der Waals surface area (Å²) in [7, 11) is 1.85. The number of anilines is 1. The molecule has 1 aromatic carbocycles. The lowest BCUT2D eigenvalue weighted by molar-refractivity contribution is -0.117. The Morgan fingerprint density at radius 1 is 1.17 bits per heavy atom. The molecule has 6 heteroatoms. The number of benzene rings is 1. The first-order chi connectivity index (χ1) is 11.5. The first-order valence-electron chi connectivity index (χ1n) is 7.79. The average Bonchev–Trinajstić information content (AvgIpc) is 2.92. The summed E-state index contributed by atoms with van der Waals surface area (Å²) in [5.41, 5.74) is 1.09. The summed E-state index contributed by atoms with van der Waals surface area (Å²) < 4.78 is 10.4. The zero-order valence-corrected chi connectivity index (χ0v) is 14.2. The summed E-state index contributed by atoms with van der Waals surface area (Å²) in [4.78, 5) is 25.5. The van der Waals surface area contributed by atoms with Crippen LogP contribution in [0.15, 0.2) is 40.8 Å². The van der Waals surface area contributed by atoms with E-state index in [-0.39, 0.29) is 18.4 Å². The highest BCUT2D eigenvalue weighted by molar-refractivity contribution is 5.93. The predicted molar refractivity (Wildman–Crippen MR) is 90.8 cm³/mol. The van der Waals surface area contributed by atoms with Crippen LogP contribution in [0.5, 0.6) is 0 Å². The van der Waals surface area contributed by atoms with Crippen molar-refractivity contribution in [3.63, 3.8) is 0 Å². The number of esters is 1. The number of rotatable bonds is 7. The molecule has 0 bridgehead atoms. The van der Waals surface area contributed by atoms with E-state index in [0.29, 0.717) is 24.4 Å². The summed E-state index contributed by atoms with van der Waals surface area (Å²) >= 11 is 0. The molecule has 0 saturated heterocycles. The average molecular weight is 330 g/mol. The smallest absolute Gasteiger partial charge is 0.338 e. The highest BCUT2D eigenvalue weighted by Crippen LogP contribution is 2.11. The zero-order chi connectivity index (χ0) is 17.5. The molecule has 128 valence electrons. The van der Waals surface area contributed by atoms with Crippen molar-refractivity contribution in [2.75, 3.05) is 25.5 Å². The number of hydrogen-bond donors (Lipinski definition) is 1. The number of furan rings is 1. The number of amides is 1. The van der Waals surface area contributed by atoms with E-state index in [1.165, 1.54) is 0 Å². The van der Waals surface area contributed by atoms with Crippen LogP contribution in [-0.4, -0.2) is 37.0 Å². The van der Waals surface area contributed by atoms with Gasteiger partial charge in [-0.25, -0.2) is 4.79 Å². The highest BCUT2D eigenvalue weighted by Gasteiger charge is 2.10. The van der Waals surface area contributed by atoms with E-state index in [1.54, 1.807) is 31.2 Å². The summed E-state index contributed by atoms with van der Waals surface area (Å²) in [6, 6.07) is 10.4. The molecule has 2 rings (SSSR count). The van der Waals surface area contributed by atoms with Gasteiger partial charge in [-0.2, -0.15) is 0 Å². The molecule has 0 saturated carbocycles. The van der Waals surface area contributed by atoms with E-state index < -0.39 is 0 Å². The first kappa shape index (κ1) is 17.7. The summed E-state index contributed by atoms with van der Waals surface area (Å²) in [6.07, 6.45) is 0. The van der Waals surface area contributed by atoms with Gasteiger partial charge in [0, 0.05) is 5.69 Å². The van der Waals surface area contributed by atoms with Crippen molar-refractivity contribution in [1.29, 1.82) is 0 Å². The molecule has 0 aliphatic heterocycles. The maximum absolute atomic E-state index is 12.1. The molecule has 0 spiro atoms. The van der Waals surface area contributed by atoms with Gasteiger partial charge in [0.1, 0.15) is 11.5 Å². The van der Waals surface area contributed by atoms with E-state index in [4.69, 9.17) is 9.15 Å². The molecule has 0 aliphatic rings. The van der Waals surface area contributed by atoms with Gasteiger partial charge in [-0.15, -0.1) is 0 Å². The van der Waals surface area contributed by atoms with E-state index >= 15 is 0 Å². The van der Waals surface area contributed by atoms with Crippen molar-refractivity contribution >= 4 is 17.6 Å². The van der Waals surface area contributed by atoms with Crippen LogP contribution in [0, 0.1) is 6.92 Å². The summed E-state index contributed by atoms with van der Waals surface area (Å²) in [5, 5.41) is 2.80. The summed E-state index contributed by atoms with van der Waals surface area (Å²) in [6.45, 7) is 4.77. The van der Waals surface area contributed by atoms with E-state index in [2.05, 4.69) is 5.32 Å². The third kappa shape index (κ3) is 5.24. The van der Waals surface area contributed by atoms with Gasteiger partial charge in [-0.3, -0.25) is 9.69 Å². The Balaban J connectivity index is 1.84. The fraction of sp³-hybridized carbons (Fsp3) is 0.333. The number of likely N-dealkylation sites (N-methyl/N-ethyl adjacent to an activating group) is 1. The SMILES string of the molecule is CCOC(=O)c1ccc(NC(=O)CN(C)Cc2ccc(C)o2)cc1. The van der Waals surface area contributed by atoms with Crippen LogP contribution in [0.1, 0.15) is 28.8 Å². The lowest BCUT2D eigenvalue weighted by atomic mass is 10.2. The van der Waals surface area contributed by atoms with Crippen molar-refractivity contribution in [3.8, 4) is 0 Å². The minimum absolute atomic E-state index is 0.135. The van der Waals surface area contributed by atoms with Crippen molar-refractivity contribution in [2.45, 2.75) is 20.4 Å². The first-order valence-corrected chi connectivity index (χ1v) is 7.79. The Hall–Kier alpha value is -2.60. The molecule has 0 atom stereocenters. The number of carbonyl (C=O) groups excluding carboxylic acids is 2. The third-order valence-corrected chi connectivity index (χ3v) is 3.32. The lowest BCUT2D eigenvalue weighted by Gasteiger charge is -2.15. The largest absolute Gasteiger partial charge is 0.465 e. The zero-order valence-electron chi connectivity index (χ0n) is 14.2. The quantitative estimate of drug-likeness (QED) is 0.790. The van der Waals surface area contributed by atoms with Crippen LogP contribution >= 0.6 is 0 Å². The minimum Gasteiger partial charge on any atom is -0.465 e. The molecule has 24 heavy (non-hydrogen) atoms. The molecule has 6 nitrogen and oxygen atoms in total. The molecule has 0 radical (unpaired) electrons. The minimum atomic E-state index is -0.371. The number of hydrogen-bond acceptors (Lipinski definition) is 5. The number of ether oxygens (including phenoxy) is 1.